The summed E-state index contributed by atoms with van der Waals surface area (Å²) in [5.74, 6) is 0. The number of anilines is 1. The summed E-state index contributed by atoms with van der Waals surface area (Å²) >= 11 is 5.95. The Hall–Kier alpha value is -3.44. The molecule has 0 amide bonds. The summed E-state index contributed by atoms with van der Waals surface area (Å²) in [5, 5.41) is 4.33. The van der Waals surface area contributed by atoms with E-state index in [1.165, 1.54) is 39.3 Å². The minimum Gasteiger partial charge on any atom is -0.351 e. The fourth-order valence-electron chi connectivity index (χ4n) is 5.40. The molecule has 0 spiro atoms. The van der Waals surface area contributed by atoms with Gasteiger partial charge in [0, 0.05) is 29.0 Å². The number of hydrogen-bond donors (Lipinski definition) is 1. The highest BCUT2D eigenvalue weighted by Gasteiger charge is 2.42. The van der Waals surface area contributed by atoms with Crippen LogP contribution in [-0.2, 0) is 6.42 Å². The van der Waals surface area contributed by atoms with Crippen molar-refractivity contribution in [1.29, 1.82) is 0 Å². The first kappa shape index (κ1) is 23.3. The Morgan fingerprint density at radius 2 is 1.60 bits per heavy atom. The Kier molecular flexibility index (Phi) is 6.20. The third kappa shape index (κ3) is 4.25. The fourth-order valence-corrected chi connectivity index (χ4v) is 5.75. The highest BCUT2D eigenvalue weighted by atomic mass is 32.1. The van der Waals surface area contributed by atoms with E-state index in [1.807, 2.05) is 18.3 Å². The SMILES string of the molecule is CCc1ccc(-n2c(C)cc([C@@H]3[C@H](c4ccccn4)NC(=S)N3c3cc(C)cc(C)c3)c2C)cc1. The number of rotatable bonds is 5. The summed E-state index contributed by atoms with van der Waals surface area (Å²) in [7, 11) is 0. The molecule has 2 aromatic carbocycles. The van der Waals surface area contributed by atoms with Crippen LogP contribution < -0.4 is 10.2 Å². The highest BCUT2D eigenvalue weighted by Crippen LogP contribution is 2.44. The molecule has 2 aromatic heterocycles. The second kappa shape index (κ2) is 9.31. The number of hydrogen-bond acceptors (Lipinski definition) is 2. The Balaban J connectivity index is 1.67. The van der Waals surface area contributed by atoms with Crippen LogP contribution in [0.25, 0.3) is 5.69 Å². The van der Waals surface area contributed by atoms with Crippen molar-refractivity contribution in [3.63, 3.8) is 0 Å². The van der Waals surface area contributed by atoms with E-state index in [1.54, 1.807) is 0 Å². The lowest BCUT2D eigenvalue weighted by Crippen LogP contribution is -2.29. The molecule has 3 heterocycles. The molecule has 1 N–H and O–H groups in total. The minimum atomic E-state index is -0.0547. The topological polar surface area (TPSA) is 33.1 Å². The van der Waals surface area contributed by atoms with Gasteiger partial charge in [-0.3, -0.25) is 4.98 Å². The third-order valence-corrected chi connectivity index (χ3v) is 7.29. The van der Waals surface area contributed by atoms with Gasteiger partial charge in [-0.15, -0.1) is 0 Å². The van der Waals surface area contributed by atoms with Crippen molar-refractivity contribution in [3.05, 3.63) is 112 Å². The van der Waals surface area contributed by atoms with Crippen LogP contribution in [0, 0.1) is 27.7 Å². The fraction of sp³-hybridized carbons (Fsp3) is 0.267. The van der Waals surface area contributed by atoms with Crippen molar-refractivity contribution in [2.24, 2.45) is 0 Å². The van der Waals surface area contributed by atoms with Crippen molar-refractivity contribution in [2.45, 2.75) is 53.1 Å². The van der Waals surface area contributed by atoms with Crippen LogP contribution in [0.3, 0.4) is 0 Å². The van der Waals surface area contributed by atoms with Gasteiger partial charge < -0.3 is 14.8 Å². The van der Waals surface area contributed by atoms with Crippen LogP contribution in [0.2, 0.25) is 0 Å². The molecule has 0 radical (unpaired) electrons. The zero-order chi connectivity index (χ0) is 24.7. The molecule has 178 valence electrons. The lowest BCUT2D eigenvalue weighted by molar-refractivity contribution is 0.565. The lowest BCUT2D eigenvalue weighted by Gasteiger charge is -2.29. The first-order valence-corrected chi connectivity index (χ1v) is 12.6. The van der Waals surface area contributed by atoms with Crippen molar-refractivity contribution in [2.75, 3.05) is 4.90 Å². The van der Waals surface area contributed by atoms with Gasteiger partial charge in [0.2, 0.25) is 0 Å². The molecule has 1 aliphatic heterocycles. The van der Waals surface area contributed by atoms with Gasteiger partial charge in [-0.1, -0.05) is 31.2 Å². The van der Waals surface area contributed by atoms with Crippen LogP contribution in [0.1, 0.15) is 58.3 Å². The van der Waals surface area contributed by atoms with Crippen LogP contribution >= 0.6 is 12.2 Å². The maximum absolute atomic E-state index is 5.95. The molecule has 2 atom stereocenters. The number of thiocarbonyl (C=S) groups is 1. The van der Waals surface area contributed by atoms with Gasteiger partial charge in [0.05, 0.1) is 17.8 Å². The second-order valence-corrected chi connectivity index (χ2v) is 9.91. The summed E-state index contributed by atoms with van der Waals surface area (Å²) in [6, 6.07) is 23.8. The van der Waals surface area contributed by atoms with E-state index in [-0.39, 0.29) is 12.1 Å². The van der Waals surface area contributed by atoms with Gasteiger partial charge in [-0.2, -0.15) is 0 Å². The van der Waals surface area contributed by atoms with E-state index in [0.29, 0.717) is 0 Å². The molecular weight excluding hydrogens is 448 g/mol. The minimum absolute atomic E-state index is 0.0199. The number of benzene rings is 2. The van der Waals surface area contributed by atoms with E-state index in [0.717, 1.165) is 22.9 Å². The summed E-state index contributed by atoms with van der Waals surface area (Å²) in [6.07, 6.45) is 2.89. The van der Waals surface area contributed by atoms with Gasteiger partial charge in [0.25, 0.3) is 0 Å². The second-order valence-electron chi connectivity index (χ2n) is 9.52. The quantitative estimate of drug-likeness (QED) is 0.317. The smallest absolute Gasteiger partial charge is 0.174 e. The molecule has 5 rings (SSSR count). The average Bonchev–Trinajstić information content (AvgIpc) is 3.34. The summed E-state index contributed by atoms with van der Waals surface area (Å²) < 4.78 is 2.35. The molecule has 35 heavy (non-hydrogen) atoms. The Morgan fingerprint density at radius 3 is 2.23 bits per heavy atom. The number of nitrogens with one attached hydrogen (secondary N) is 1. The standard InChI is InChI=1S/C30H32N4S/c1-6-23-10-12-24(13-11-23)33-21(4)18-26(22(33)5)29-28(27-9-7-8-14-31-27)32-30(35)34(29)25-16-19(2)15-20(3)17-25/h7-18,28-29H,6H2,1-5H3,(H,32,35)/t28-,29+/m0/s1. The number of pyridine rings is 1. The van der Waals surface area contributed by atoms with Crippen molar-refractivity contribution < 1.29 is 0 Å². The predicted octanol–water partition coefficient (Wildman–Crippen LogP) is 6.85. The van der Waals surface area contributed by atoms with Crippen molar-refractivity contribution in [1.82, 2.24) is 14.9 Å². The lowest BCUT2D eigenvalue weighted by atomic mass is 9.96. The zero-order valence-corrected chi connectivity index (χ0v) is 21.9. The number of nitrogens with zero attached hydrogens (tertiary/aromatic N) is 3. The maximum atomic E-state index is 5.95. The predicted molar refractivity (Wildman–Crippen MR) is 148 cm³/mol. The maximum Gasteiger partial charge on any atom is 0.174 e. The molecule has 0 aliphatic carbocycles. The van der Waals surface area contributed by atoms with Gasteiger partial charge in [-0.05, 0) is 111 Å². The van der Waals surface area contributed by atoms with Crippen LogP contribution in [0.15, 0.2) is 72.9 Å². The molecule has 1 aliphatic rings. The van der Waals surface area contributed by atoms with Crippen LogP contribution in [0.5, 0.6) is 0 Å². The van der Waals surface area contributed by atoms with Crippen LogP contribution in [-0.4, -0.2) is 14.7 Å². The Morgan fingerprint density at radius 1 is 0.886 bits per heavy atom. The van der Waals surface area contributed by atoms with E-state index < -0.39 is 0 Å². The van der Waals surface area contributed by atoms with Crippen molar-refractivity contribution >= 4 is 23.0 Å². The van der Waals surface area contributed by atoms with Gasteiger partial charge in [-0.25, -0.2) is 0 Å². The first-order valence-electron chi connectivity index (χ1n) is 12.2. The molecule has 1 saturated heterocycles. The molecule has 4 nitrogen and oxygen atoms in total. The molecule has 0 bridgehead atoms. The molecular formula is C30H32N4S. The Labute approximate surface area is 213 Å². The molecule has 5 heteroatoms. The molecule has 4 aromatic rings. The Bertz CT molecular complexity index is 1350. The number of aromatic nitrogens is 2. The molecule has 0 saturated carbocycles. The highest BCUT2D eigenvalue weighted by molar-refractivity contribution is 7.80. The summed E-state index contributed by atoms with van der Waals surface area (Å²) in [5.41, 5.74) is 10.8. The largest absolute Gasteiger partial charge is 0.351 e. The summed E-state index contributed by atoms with van der Waals surface area (Å²) in [4.78, 5) is 6.99. The average molecular weight is 481 g/mol. The van der Waals surface area contributed by atoms with Crippen molar-refractivity contribution in [3.8, 4) is 5.69 Å². The van der Waals surface area contributed by atoms with Gasteiger partial charge in [0.1, 0.15) is 0 Å². The van der Waals surface area contributed by atoms with E-state index in [4.69, 9.17) is 17.2 Å². The summed E-state index contributed by atoms with van der Waals surface area (Å²) in [6.45, 7) is 10.9. The van der Waals surface area contributed by atoms with E-state index in [2.05, 4.69) is 104 Å². The van der Waals surface area contributed by atoms with Crippen LogP contribution in [0.4, 0.5) is 5.69 Å². The number of aryl methyl sites for hydroxylation is 4. The zero-order valence-electron chi connectivity index (χ0n) is 21.0. The van der Waals surface area contributed by atoms with Gasteiger partial charge >= 0.3 is 0 Å². The normalized spacial score (nSPS) is 17.6. The molecule has 0 unspecified atom stereocenters. The molecule has 1 fully saturated rings. The van der Waals surface area contributed by atoms with E-state index in [9.17, 15) is 0 Å². The van der Waals surface area contributed by atoms with E-state index >= 15 is 0 Å². The monoisotopic (exact) mass is 480 g/mol. The first-order chi connectivity index (χ1) is 16.9. The third-order valence-electron chi connectivity index (χ3n) is 6.97. The van der Waals surface area contributed by atoms with Gasteiger partial charge in [0.15, 0.2) is 5.11 Å².